The van der Waals surface area contributed by atoms with Gasteiger partial charge in [-0.3, -0.25) is 4.98 Å². The zero-order chi connectivity index (χ0) is 18.7. The predicted molar refractivity (Wildman–Crippen MR) is 98.9 cm³/mol. The number of rotatable bonds is 6. The van der Waals surface area contributed by atoms with Crippen molar-refractivity contribution in [3.63, 3.8) is 0 Å². The highest BCUT2D eigenvalue weighted by molar-refractivity contribution is 7.89. The quantitative estimate of drug-likeness (QED) is 0.680. The van der Waals surface area contributed by atoms with Gasteiger partial charge in [-0.15, -0.1) is 0 Å². The number of hydrogen-bond donors (Lipinski definition) is 3. The number of aromatic nitrogens is 1. The third kappa shape index (κ3) is 3.89. The van der Waals surface area contributed by atoms with Crippen molar-refractivity contribution < 1.29 is 18.6 Å². The van der Waals surface area contributed by atoms with Crippen molar-refractivity contribution >= 4 is 20.8 Å². The van der Waals surface area contributed by atoms with Crippen molar-refractivity contribution in [2.45, 2.75) is 36.3 Å². The Morgan fingerprint density at radius 2 is 2.00 bits per heavy atom. The lowest BCUT2D eigenvalue weighted by atomic mass is 9.88. The molecule has 26 heavy (non-hydrogen) atoms. The highest BCUT2D eigenvalue weighted by atomic mass is 32.2. The fraction of sp³-hybridized carbons (Fsp3) is 0.500. The summed E-state index contributed by atoms with van der Waals surface area (Å²) >= 11 is 0. The molecule has 1 saturated heterocycles. The Labute approximate surface area is 153 Å². The van der Waals surface area contributed by atoms with Crippen molar-refractivity contribution in [2.24, 2.45) is 11.7 Å². The zero-order valence-corrected chi connectivity index (χ0v) is 15.3. The minimum absolute atomic E-state index is 0.138. The molecule has 4 N–H and O–H groups in total. The van der Waals surface area contributed by atoms with Crippen LogP contribution in [0.2, 0.25) is 0 Å². The molecule has 8 heteroatoms. The number of nitrogens with zero attached hydrogens (tertiary/aromatic N) is 2. The average molecular weight is 379 g/mol. The fourth-order valence-electron chi connectivity index (χ4n) is 3.58. The molecular weight excluding hydrogens is 354 g/mol. The molecule has 1 aromatic carbocycles. The van der Waals surface area contributed by atoms with Gasteiger partial charge in [0.15, 0.2) is 0 Å². The largest absolute Gasteiger partial charge is 0.394 e. The molecule has 1 aliphatic heterocycles. The summed E-state index contributed by atoms with van der Waals surface area (Å²) in [4.78, 5) is 4.35. The van der Waals surface area contributed by atoms with Crippen molar-refractivity contribution in [1.29, 1.82) is 0 Å². The number of fused-ring (bicyclic) bond motifs is 1. The van der Waals surface area contributed by atoms with Gasteiger partial charge in [-0.1, -0.05) is 12.1 Å². The Kier molecular flexibility index (Phi) is 5.89. The second kappa shape index (κ2) is 7.98. The topological polar surface area (TPSA) is 117 Å². The first-order valence-electron chi connectivity index (χ1n) is 8.81. The van der Waals surface area contributed by atoms with Gasteiger partial charge in [-0.2, -0.15) is 4.31 Å². The Morgan fingerprint density at radius 1 is 1.27 bits per heavy atom. The summed E-state index contributed by atoms with van der Waals surface area (Å²) in [5, 5.41) is 20.0. The molecule has 3 rings (SSSR count). The monoisotopic (exact) mass is 379 g/mol. The number of pyridine rings is 1. The SMILES string of the molecule is NC(CC(O)CO)C1CCN(S(=O)(=O)c2cccc3cnccc23)CC1. The van der Waals surface area contributed by atoms with Crippen LogP contribution in [0.5, 0.6) is 0 Å². The van der Waals surface area contributed by atoms with Crippen LogP contribution in [0.4, 0.5) is 0 Å². The molecular formula is C18H25N3O4S. The molecule has 0 radical (unpaired) electrons. The molecule has 0 spiro atoms. The lowest BCUT2D eigenvalue weighted by Crippen LogP contribution is -2.44. The first-order valence-corrected chi connectivity index (χ1v) is 10.2. The van der Waals surface area contributed by atoms with Gasteiger partial charge in [-0.05, 0) is 37.3 Å². The van der Waals surface area contributed by atoms with E-state index in [1.54, 1.807) is 30.6 Å². The van der Waals surface area contributed by atoms with Crippen LogP contribution in [0.3, 0.4) is 0 Å². The fourth-order valence-corrected chi connectivity index (χ4v) is 5.27. The van der Waals surface area contributed by atoms with E-state index >= 15 is 0 Å². The maximum atomic E-state index is 13.1. The van der Waals surface area contributed by atoms with Gasteiger partial charge in [0.1, 0.15) is 0 Å². The molecule has 142 valence electrons. The normalized spacial score (nSPS) is 19.5. The van der Waals surface area contributed by atoms with Crippen LogP contribution < -0.4 is 5.73 Å². The van der Waals surface area contributed by atoms with E-state index in [1.807, 2.05) is 6.07 Å². The van der Waals surface area contributed by atoms with E-state index in [0.717, 1.165) is 5.39 Å². The Morgan fingerprint density at radius 3 is 2.69 bits per heavy atom. The van der Waals surface area contributed by atoms with E-state index in [1.165, 1.54) is 4.31 Å². The predicted octanol–water partition coefficient (Wildman–Crippen LogP) is 0.706. The van der Waals surface area contributed by atoms with Gasteiger partial charge in [0.2, 0.25) is 10.0 Å². The molecule has 1 aliphatic rings. The molecule has 0 bridgehead atoms. The second-order valence-electron chi connectivity index (χ2n) is 6.83. The van der Waals surface area contributed by atoms with Gasteiger partial charge in [0, 0.05) is 42.3 Å². The minimum Gasteiger partial charge on any atom is -0.394 e. The minimum atomic E-state index is -3.59. The van der Waals surface area contributed by atoms with E-state index in [4.69, 9.17) is 10.8 Å². The Hall–Kier alpha value is -1.58. The highest BCUT2D eigenvalue weighted by Crippen LogP contribution is 2.29. The maximum absolute atomic E-state index is 13.1. The summed E-state index contributed by atoms with van der Waals surface area (Å²) in [6, 6.07) is 6.69. The van der Waals surface area contributed by atoms with Gasteiger partial charge in [0.05, 0.1) is 17.6 Å². The lowest BCUT2D eigenvalue weighted by Gasteiger charge is -2.34. The molecule has 1 fully saturated rings. The summed E-state index contributed by atoms with van der Waals surface area (Å²) in [7, 11) is -3.59. The van der Waals surface area contributed by atoms with Gasteiger partial charge < -0.3 is 15.9 Å². The molecule has 0 aliphatic carbocycles. The van der Waals surface area contributed by atoms with Crippen LogP contribution in [-0.4, -0.2) is 59.8 Å². The molecule has 2 atom stereocenters. The van der Waals surface area contributed by atoms with Crippen molar-refractivity contribution in [3.8, 4) is 0 Å². The molecule has 7 nitrogen and oxygen atoms in total. The number of sulfonamides is 1. The summed E-state index contributed by atoms with van der Waals surface area (Å²) in [6.45, 7) is 0.492. The molecule has 2 heterocycles. The van der Waals surface area contributed by atoms with Crippen molar-refractivity contribution in [1.82, 2.24) is 9.29 Å². The maximum Gasteiger partial charge on any atom is 0.243 e. The summed E-state index contributed by atoms with van der Waals surface area (Å²) in [5.74, 6) is 0.138. The molecule has 0 saturated carbocycles. The number of piperidine rings is 1. The van der Waals surface area contributed by atoms with E-state index in [9.17, 15) is 13.5 Å². The second-order valence-corrected chi connectivity index (χ2v) is 8.74. The van der Waals surface area contributed by atoms with Crippen LogP contribution in [0, 0.1) is 5.92 Å². The lowest BCUT2D eigenvalue weighted by molar-refractivity contribution is 0.0728. The molecule has 1 aromatic heterocycles. The average Bonchev–Trinajstić information content (AvgIpc) is 2.67. The van der Waals surface area contributed by atoms with Crippen LogP contribution in [0.1, 0.15) is 19.3 Å². The first-order chi connectivity index (χ1) is 12.4. The van der Waals surface area contributed by atoms with Gasteiger partial charge in [-0.25, -0.2) is 8.42 Å². The third-order valence-corrected chi connectivity index (χ3v) is 7.07. The number of aliphatic hydroxyl groups is 2. The van der Waals surface area contributed by atoms with Crippen LogP contribution in [0.15, 0.2) is 41.6 Å². The number of hydrogen-bond acceptors (Lipinski definition) is 6. The molecule has 2 unspecified atom stereocenters. The van der Waals surface area contributed by atoms with Gasteiger partial charge >= 0.3 is 0 Å². The zero-order valence-electron chi connectivity index (χ0n) is 14.5. The van der Waals surface area contributed by atoms with E-state index in [0.29, 0.717) is 42.6 Å². The van der Waals surface area contributed by atoms with E-state index in [2.05, 4.69) is 4.98 Å². The molecule has 2 aromatic rings. The van der Waals surface area contributed by atoms with E-state index < -0.39 is 16.1 Å². The Bertz CT molecular complexity index is 845. The Balaban J connectivity index is 1.74. The van der Waals surface area contributed by atoms with Crippen molar-refractivity contribution in [3.05, 3.63) is 36.7 Å². The van der Waals surface area contributed by atoms with Crippen LogP contribution in [-0.2, 0) is 10.0 Å². The smallest absolute Gasteiger partial charge is 0.243 e. The summed E-state index contributed by atoms with van der Waals surface area (Å²) < 4.78 is 27.7. The van der Waals surface area contributed by atoms with Crippen LogP contribution in [0.25, 0.3) is 10.8 Å². The van der Waals surface area contributed by atoms with Crippen LogP contribution >= 0.6 is 0 Å². The first kappa shape index (κ1) is 19.2. The summed E-state index contributed by atoms with van der Waals surface area (Å²) in [5.41, 5.74) is 6.12. The number of benzene rings is 1. The third-order valence-electron chi connectivity index (χ3n) is 5.12. The number of nitrogens with two attached hydrogens (primary N) is 1. The van der Waals surface area contributed by atoms with E-state index in [-0.39, 0.29) is 18.6 Å². The molecule has 0 amide bonds. The van der Waals surface area contributed by atoms with Crippen molar-refractivity contribution in [2.75, 3.05) is 19.7 Å². The van der Waals surface area contributed by atoms with Gasteiger partial charge in [0.25, 0.3) is 0 Å². The summed E-state index contributed by atoms with van der Waals surface area (Å²) in [6.07, 6.45) is 4.04. The standard InChI is InChI=1S/C18H25N3O4S/c19-17(10-15(23)12-22)13-5-8-21(9-6-13)26(24,25)18-3-1-2-14-11-20-7-4-16(14)18/h1-4,7,11,13,15,17,22-23H,5-6,8-10,12,19H2. The number of aliphatic hydroxyl groups excluding tert-OH is 2. The highest BCUT2D eigenvalue weighted by Gasteiger charge is 2.32.